The van der Waals surface area contributed by atoms with E-state index in [0.717, 1.165) is 6.07 Å². The smallest absolute Gasteiger partial charge is 0.306 e. The molecule has 0 saturated heterocycles. The van der Waals surface area contributed by atoms with Gasteiger partial charge in [0, 0.05) is 14.1 Å². The summed E-state index contributed by atoms with van der Waals surface area (Å²) in [6.45, 7) is 1.53. The molecule has 5 heteroatoms. The number of benzene rings is 1. The van der Waals surface area contributed by atoms with E-state index in [0.29, 0.717) is 5.56 Å². The van der Waals surface area contributed by atoms with Crippen LogP contribution in [-0.4, -0.2) is 25.2 Å². The minimum absolute atomic E-state index is 0.109. The fourth-order valence-electron chi connectivity index (χ4n) is 1.65. The van der Waals surface area contributed by atoms with Gasteiger partial charge in [0.25, 0.3) is 0 Å². The van der Waals surface area contributed by atoms with Crippen molar-refractivity contribution in [2.24, 2.45) is 5.92 Å². The zero-order valence-electron chi connectivity index (χ0n) is 10.00. The lowest BCUT2D eigenvalue weighted by atomic mass is 9.99. The third kappa shape index (κ3) is 2.93. The van der Waals surface area contributed by atoms with E-state index in [1.807, 2.05) is 0 Å². The molecule has 0 aliphatic heterocycles. The second-order valence-corrected chi connectivity index (χ2v) is 4.21. The van der Waals surface area contributed by atoms with E-state index in [1.165, 1.54) is 17.9 Å². The number of hydrogen-bond acceptors (Lipinski definition) is 2. The van der Waals surface area contributed by atoms with Crippen LogP contribution in [0.5, 0.6) is 0 Å². The number of nitrogens with zero attached hydrogens (tertiary/aromatic N) is 1. The van der Waals surface area contributed by atoms with E-state index >= 15 is 0 Å². The van der Waals surface area contributed by atoms with Crippen LogP contribution in [0.3, 0.4) is 0 Å². The largest absolute Gasteiger partial charge is 0.481 e. The predicted octanol–water partition coefficient (Wildman–Crippen LogP) is 2.29. The second-order valence-electron chi connectivity index (χ2n) is 4.21. The van der Waals surface area contributed by atoms with Gasteiger partial charge >= 0.3 is 5.97 Å². The molecule has 0 aliphatic rings. The summed E-state index contributed by atoms with van der Waals surface area (Å²) in [7, 11) is 3.18. The van der Waals surface area contributed by atoms with E-state index in [-0.39, 0.29) is 12.1 Å². The average Bonchev–Trinajstić information content (AvgIpc) is 2.22. The van der Waals surface area contributed by atoms with Crippen molar-refractivity contribution in [1.82, 2.24) is 0 Å². The van der Waals surface area contributed by atoms with Crippen LogP contribution in [0, 0.1) is 17.6 Å². The highest BCUT2D eigenvalue weighted by atomic mass is 19.2. The number of rotatable bonds is 4. The Hall–Kier alpha value is -1.65. The maximum atomic E-state index is 13.6. The molecule has 0 bridgehead atoms. The lowest BCUT2D eigenvalue weighted by Crippen LogP contribution is -2.18. The van der Waals surface area contributed by atoms with Crippen molar-refractivity contribution in [2.75, 3.05) is 19.0 Å². The molecule has 1 aromatic carbocycles. The van der Waals surface area contributed by atoms with Gasteiger partial charge in [-0.15, -0.1) is 0 Å². The summed E-state index contributed by atoms with van der Waals surface area (Å²) in [6, 6.07) is 2.44. The minimum atomic E-state index is -0.959. The van der Waals surface area contributed by atoms with Crippen molar-refractivity contribution in [3.05, 3.63) is 29.3 Å². The first-order chi connectivity index (χ1) is 7.84. The zero-order chi connectivity index (χ0) is 13.2. The molecule has 1 rings (SSSR count). The monoisotopic (exact) mass is 243 g/mol. The van der Waals surface area contributed by atoms with Crippen LogP contribution in [0.2, 0.25) is 0 Å². The molecule has 3 nitrogen and oxygen atoms in total. The molecule has 0 saturated carbocycles. The van der Waals surface area contributed by atoms with Gasteiger partial charge in [0.05, 0.1) is 11.6 Å². The van der Waals surface area contributed by atoms with E-state index < -0.39 is 23.5 Å². The lowest BCUT2D eigenvalue weighted by molar-refractivity contribution is -0.141. The molecular formula is C12H15F2NO2. The first-order valence-electron chi connectivity index (χ1n) is 5.21. The fourth-order valence-corrected chi connectivity index (χ4v) is 1.65. The van der Waals surface area contributed by atoms with Crippen molar-refractivity contribution in [3.63, 3.8) is 0 Å². The van der Waals surface area contributed by atoms with Crippen LogP contribution in [0.15, 0.2) is 12.1 Å². The van der Waals surface area contributed by atoms with Crippen LogP contribution < -0.4 is 4.90 Å². The summed E-state index contributed by atoms with van der Waals surface area (Å²) in [4.78, 5) is 12.2. The van der Waals surface area contributed by atoms with Crippen LogP contribution in [0.1, 0.15) is 12.5 Å². The quantitative estimate of drug-likeness (QED) is 0.882. The normalized spacial score (nSPS) is 12.3. The lowest BCUT2D eigenvalue weighted by Gasteiger charge is -2.19. The summed E-state index contributed by atoms with van der Waals surface area (Å²) in [5.74, 6) is -3.47. The van der Waals surface area contributed by atoms with Crippen molar-refractivity contribution < 1.29 is 18.7 Å². The summed E-state index contributed by atoms with van der Waals surface area (Å²) < 4.78 is 26.7. The molecule has 94 valence electrons. The first-order valence-corrected chi connectivity index (χ1v) is 5.21. The Bertz CT molecular complexity index is 433. The molecule has 1 unspecified atom stereocenters. The molecule has 0 radical (unpaired) electrons. The number of carboxylic acids is 1. The first kappa shape index (κ1) is 13.4. The Balaban J connectivity index is 3.16. The summed E-state index contributed by atoms with van der Waals surface area (Å²) >= 11 is 0. The van der Waals surface area contributed by atoms with Crippen LogP contribution in [0.4, 0.5) is 14.5 Å². The summed E-state index contributed by atoms with van der Waals surface area (Å²) in [5.41, 5.74) is 0.599. The minimum Gasteiger partial charge on any atom is -0.481 e. The molecule has 17 heavy (non-hydrogen) atoms. The number of halogens is 2. The van der Waals surface area contributed by atoms with Gasteiger partial charge in [-0.05, 0) is 18.1 Å². The maximum Gasteiger partial charge on any atom is 0.306 e. The van der Waals surface area contributed by atoms with E-state index in [2.05, 4.69) is 0 Å². The predicted molar refractivity (Wildman–Crippen MR) is 61.2 cm³/mol. The molecule has 0 aromatic heterocycles. The molecule has 0 spiro atoms. The van der Waals surface area contributed by atoms with Crippen molar-refractivity contribution in [2.45, 2.75) is 13.3 Å². The number of aliphatic carboxylic acids is 1. The zero-order valence-corrected chi connectivity index (χ0v) is 10.00. The Labute approximate surface area is 98.7 Å². The van der Waals surface area contributed by atoms with E-state index in [4.69, 9.17) is 5.11 Å². The number of hydrogen-bond donors (Lipinski definition) is 1. The Morgan fingerprint density at radius 2 is 2.00 bits per heavy atom. The molecule has 1 N–H and O–H groups in total. The van der Waals surface area contributed by atoms with Crippen LogP contribution >= 0.6 is 0 Å². The Morgan fingerprint density at radius 1 is 1.41 bits per heavy atom. The molecule has 0 aliphatic carbocycles. The number of anilines is 1. The van der Waals surface area contributed by atoms with Gasteiger partial charge in [-0.2, -0.15) is 0 Å². The van der Waals surface area contributed by atoms with Crippen molar-refractivity contribution >= 4 is 11.7 Å². The maximum absolute atomic E-state index is 13.6. The molecule has 0 amide bonds. The highest BCUT2D eigenvalue weighted by molar-refractivity contribution is 5.70. The van der Waals surface area contributed by atoms with Gasteiger partial charge in [0.2, 0.25) is 0 Å². The van der Waals surface area contributed by atoms with E-state index in [1.54, 1.807) is 14.1 Å². The third-order valence-electron chi connectivity index (χ3n) is 2.55. The number of carbonyl (C=O) groups is 1. The SMILES string of the molecule is CC(Cc1ccc(F)c(F)c1N(C)C)C(=O)O. The molecular weight excluding hydrogens is 228 g/mol. The molecule has 1 atom stereocenters. The average molecular weight is 243 g/mol. The van der Waals surface area contributed by atoms with Gasteiger partial charge < -0.3 is 10.0 Å². The Morgan fingerprint density at radius 3 is 2.47 bits per heavy atom. The number of carboxylic acid groups (broad SMARTS) is 1. The molecule has 0 heterocycles. The van der Waals surface area contributed by atoms with E-state index in [9.17, 15) is 13.6 Å². The van der Waals surface area contributed by atoms with Gasteiger partial charge in [0.15, 0.2) is 11.6 Å². The molecule has 0 fully saturated rings. The summed E-state index contributed by atoms with van der Waals surface area (Å²) in [6.07, 6.45) is 0.167. The van der Waals surface area contributed by atoms with Crippen LogP contribution in [-0.2, 0) is 11.2 Å². The fraction of sp³-hybridized carbons (Fsp3) is 0.417. The van der Waals surface area contributed by atoms with Gasteiger partial charge in [0.1, 0.15) is 0 Å². The molecule has 1 aromatic rings. The topological polar surface area (TPSA) is 40.5 Å². The highest BCUT2D eigenvalue weighted by Gasteiger charge is 2.19. The van der Waals surface area contributed by atoms with Gasteiger partial charge in [-0.25, -0.2) is 8.78 Å². The van der Waals surface area contributed by atoms with Crippen molar-refractivity contribution in [1.29, 1.82) is 0 Å². The second kappa shape index (κ2) is 5.12. The summed E-state index contributed by atoms with van der Waals surface area (Å²) in [5, 5.41) is 8.82. The van der Waals surface area contributed by atoms with Crippen molar-refractivity contribution in [3.8, 4) is 0 Å². The van der Waals surface area contributed by atoms with Crippen LogP contribution in [0.25, 0.3) is 0 Å². The highest BCUT2D eigenvalue weighted by Crippen LogP contribution is 2.27. The standard InChI is InChI=1S/C12H15F2NO2/c1-7(12(16)17)6-8-4-5-9(13)10(14)11(8)15(2)3/h4-5,7H,6H2,1-3H3,(H,16,17). The third-order valence-corrected chi connectivity index (χ3v) is 2.55. The van der Waals surface area contributed by atoms with Gasteiger partial charge in [-0.3, -0.25) is 4.79 Å². The Kier molecular flexibility index (Phi) is 4.04. The van der Waals surface area contributed by atoms with Gasteiger partial charge in [-0.1, -0.05) is 13.0 Å².